The van der Waals surface area contributed by atoms with Crippen LogP contribution < -0.4 is 5.73 Å². The van der Waals surface area contributed by atoms with Crippen LogP contribution in [0.5, 0.6) is 0 Å². The lowest BCUT2D eigenvalue weighted by molar-refractivity contribution is 0.316. The van der Waals surface area contributed by atoms with Crippen molar-refractivity contribution in [3.8, 4) is 0 Å². The number of aromatic nitrogens is 1. The van der Waals surface area contributed by atoms with Crippen LogP contribution in [0.2, 0.25) is 0 Å². The van der Waals surface area contributed by atoms with Gasteiger partial charge >= 0.3 is 0 Å². The first-order valence-electron chi connectivity index (χ1n) is 7.61. The topological polar surface area (TPSA) is 42.1 Å². The molecule has 21 heavy (non-hydrogen) atoms. The van der Waals surface area contributed by atoms with Crippen LogP contribution in [0.15, 0.2) is 48.8 Å². The standard InChI is InChI=1S/C18H25N3/c1-3-15-4-6-17(7-5-15)18(19)14-21(2)13-10-16-8-11-20-12-9-16/h4-9,11-12,18H,3,10,13-14,19H2,1-2H3. The minimum absolute atomic E-state index is 0.0679. The Bertz CT molecular complexity index is 522. The van der Waals surface area contributed by atoms with Gasteiger partial charge in [0.2, 0.25) is 0 Å². The van der Waals surface area contributed by atoms with Gasteiger partial charge in [-0.15, -0.1) is 0 Å². The summed E-state index contributed by atoms with van der Waals surface area (Å²) in [4.78, 5) is 6.33. The number of hydrogen-bond donors (Lipinski definition) is 1. The van der Waals surface area contributed by atoms with E-state index in [-0.39, 0.29) is 6.04 Å². The molecule has 1 atom stereocenters. The number of nitrogens with two attached hydrogens (primary N) is 1. The van der Waals surface area contributed by atoms with Crippen molar-refractivity contribution in [3.05, 3.63) is 65.5 Å². The molecule has 0 bridgehead atoms. The van der Waals surface area contributed by atoms with Gasteiger partial charge in [0.1, 0.15) is 0 Å². The Kier molecular flexibility index (Phi) is 5.90. The van der Waals surface area contributed by atoms with Gasteiger partial charge < -0.3 is 10.6 Å². The predicted molar refractivity (Wildman–Crippen MR) is 88.2 cm³/mol. The predicted octanol–water partition coefficient (Wildman–Crippen LogP) is 2.82. The third kappa shape index (κ3) is 4.96. The summed E-state index contributed by atoms with van der Waals surface area (Å²) < 4.78 is 0. The Morgan fingerprint density at radius 3 is 2.33 bits per heavy atom. The summed E-state index contributed by atoms with van der Waals surface area (Å²) in [6.45, 7) is 4.04. The maximum atomic E-state index is 6.30. The zero-order valence-electron chi connectivity index (χ0n) is 13.0. The van der Waals surface area contributed by atoms with E-state index in [1.165, 1.54) is 16.7 Å². The van der Waals surface area contributed by atoms with Crippen molar-refractivity contribution in [3.63, 3.8) is 0 Å². The molecule has 3 nitrogen and oxygen atoms in total. The van der Waals surface area contributed by atoms with Crippen molar-refractivity contribution in [2.45, 2.75) is 25.8 Å². The number of likely N-dealkylation sites (N-methyl/N-ethyl adjacent to an activating group) is 1. The molecule has 2 N–H and O–H groups in total. The van der Waals surface area contributed by atoms with Crippen LogP contribution in [-0.2, 0) is 12.8 Å². The van der Waals surface area contributed by atoms with Gasteiger partial charge in [-0.25, -0.2) is 0 Å². The fourth-order valence-electron chi connectivity index (χ4n) is 2.40. The van der Waals surface area contributed by atoms with E-state index in [1.807, 2.05) is 12.4 Å². The SMILES string of the molecule is CCc1ccc(C(N)CN(C)CCc2ccncc2)cc1. The van der Waals surface area contributed by atoms with E-state index in [4.69, 9.17) is 5.73 Å². The highest BCUT2D eigenvalue weighted by Gasteiger charge is 2.09. The first-order valence-corrected chi connectivity index (χ1v) is 7.61. The molecule has 2 rings (SSSR count). The number of aryl methyl sites for hydroxylation is 1. The summed E-state index contributed by atoms with van der Waals surface area (Å²) in [6.07, 6.45) is 5.79. The van der Waals surface area contributed by atoms with Crippen molar-refractivity contribution < 1.29 is 0 Å². The van der Waals surface area contributed by atoms with Gasteiger partial charge in [-0.1, -0.05) is 31.2 Å². The third-order valence-corrected chi connectivity index (χ3v) is 3.86. The molecule has 0 amide bonds. The molecular weight excluding hydrogens is 258 g/mol. The molecule has 1 aromatic carbocycles. The molecule has 0 fully saturated rings. The molecule has 1 unspecified atom stereocenters. The second kappa shape index (κ2) is 7.91. The summed E-state index contributed by atoms with van der Waals surface area (Å²) in [7, 11) is 2.13. The Labute approximate surface area is 127 Å². The van der Waals surface area contributed by atoms with Crippen molar-refractivity contribution in [2.75, 3.05) is 20.1 Å². The molecule has 0 spiro atoms. The maximum absolute atomic E-state index is 6.30. The fraction of sp³-hybridized carbons (Fsp3) is 0.389. The maximum Gasteiger partial charge on any atom is 0.0424 e. The lowest BCUT2D eigenvalue weighted by Gasteiger charge is -2.21. The van der Waals surface area contributed by atoms with Gasteiger partial charge in [0.25, 0.3) is 0 Å². The molecule has 0 radical (unpaired) electrons. The van der Waals surface area contributed by atoms with E-state index in [0.29, 0.717) is 0 Å². The number of pyridine rings is 1. The van der Waals surface area contributed by atoms with Crippen LogP contribution in [0, 0.1) is 0 Å². The lowest BCUT2D eigenvalue weighted by Crippen LogP contribution is -2.30. The highest BCUT2D eigenvalue weighted by molar-refractivity contribution is 5.25. The Balaban J connectivity index is 1.82. The van der Waals surface area contributed by atoms with E-state index < -0.39 is 0 Å². The van der Waals surface area contributed by atoms with Crippen LogP contribution >= 0.6 is 0 Å². The highest BCUT2D eigenvalue weighted by Crippen LogP contribution is 2.13. The zero-order valence-corrected chi connectivity index (χ0v) is 13.0. The minimum atomic E-state index is 0.0679. The van der Waals surface area contributed by atoms with Crippen LogP contribution in [0.1, 0.15) is 29.7 Å². The Morgan fingerprint density at radius 1 is 1.05 bits per heavy atom. The average molecular weight is 283 g/mol. The number of nitrogens with zero attached hydrogens (tertiary/aromatic N) is 2. The minimum Gasteiger partial charge on any atom is -0.323 e. The van der Waals surface area contributed by atoms with E-state index in [0.717, 1.165) is 25.9 Å². The number of rotatable bonds is 7. The van der Waals surface area contributed by atoms with Gasteiger partial charge in [0, 0.05) is 31.5 Å². The van der Waals surface area contributed by atoms with Crippen molar-refractivity contribution in [1.29, 1.82) is 0 Å². The molecule has 0 aliphatic heterocycles. The fourth-order valence-corrected chi connectivity index (χ4v) is 2.40. The number of hydrogen-bond acceptors (Lipinski definition) is 3. The first-order chi connectivity index (χ1) is 10.2. The van der Waals surface area contributed by atoms with Gasteiger partial charge in [-0.3, -0.25) is 4.98 Å². The molecule has 0 aliphatic rings. The van der Waals surface area contributed by atoms with Crippen LogP contribution in [0.25, 0.3) is 0 Å². The van der Waals surface area contributed by atoms with Crippen LogP contribution in [0.4, 0.5) is 0 Å². The summed E-state index contributed by atoms with van der Waals surface area (Å²) in [5, 5.41) is 0. The van der Waals surface area contributed by atoms with Crippen molar-refractivity contribution >= 4 is 0 Å². The van der Waals surface area contributed by atoms with E-state index in [1.54, 1.807) is 0 Å². The molecule has 1 heterocycles. The van der Waals surface area contributed by atoms with E-state index in [9.17, 15) is 0 Å². The van der Waals surface area contributed by atoms with Crippen molar-refractivity contribution in [1.82, 2.24) is 9.88 Å². The zero-order chi connectivity index (χ0) is 15.1. The second-order valence-corrected chi connectivity index (χ2v) is 5.57. The van der Waals surface area contributed by atoms with E-state index >= 15 is 0 Å². The summed E-state index contributed by atoms with van der Waals surface area (Å²) >= 11 is 0. The molecule has 0 saturated heterocycles. The normalized spacial score (nSPS) is 12.6. The summed E-state index contributed by atoms with van der Waals surface area (Å²) in [5.41, 5.74) is 10.2. The quantitative estimate of drug-likeness (QED) is 0.849. The second-order valence-electron chi connectivity index (χ2n) is 5.57. The average Bonchev–Trinajstić information content (AvgIpc) is 2.54. The van der Waals surface area contributed by atoms with Crippen LogP contribution in [-0.4, -0.2) is 30.0 Å². The first kappa shape index (κ1) is 15.7. The lowest BCUT2D eigenvalue weighted by atomic mass is 10.0. The molecule has 112 valence electrons. The monoisotopic (exact) mass is 283 g/mol. The van der Waals surface area contributed by atoms with Gasteiger partial charge in [-0.05, 0) is 48.7 Å². The summed E-state index contributed by atoms with van der Waals surface area (Å²) in [5.74, 6) is 0. The molecule has 2 aromatic rings. The Hall–Kier alpha value is -1.71. The molecule has 1 aromatic heterocycles. The van der Waals surface area contributed by atoms with Gasteiger partial charge in [0.05, 0.1) is 0 Å². The number of benzene rings is 1. The largest absolute Gasteiger partial charge is 0.323 e. The van der Waals surface area contributed by atoms with Gasteiger partial charge in [-0.2, -0.15) is 0 Å². The molecular formula is C18H25N3. The highest BCUT2D eigenvalue weighted by atomic mass is 15.1. The molecule has 0 aliphatic carbocycles. The Morgan fingerprint density at radius 2 is 1.71 bits per heavy atom. The van der Waals surface area contributed by atoms with Crippen molar-refractivity contribution in [2.24, 2.45) is 5.73 Å². The molecule has 3 heteroatoms. The smallest absolute Gasteiger partial charge is 0.0424 e. The van der Waals surface area contributed by atoms with E-state index in [2.05, 4.69) is 60.3 Å². The molecule has 0 saturated carbocycles. The third-order valence-electron chi connectivity index (χ3n) is 3.86. The van der Waals surface area contributed by atoms with Gasteiger partial charge in [0.15, 0.2) is 0 Å². The van der Waals surface area contributed by atoms with Crippen LogP contribution in [0.3, 0.4) is 0 Å². The summed E-state index contributed by atoms with van der Waals surface area (Å²) in [6, 6.07) is 12.9.